The molecule has 0 aliphatic carbocycles. The van der Waals surface area contributed by atoms with Gasteiger partial charge in [0.05, 0.1) is 19.3 Å². The Morgan fingerprint density at radius 1 is 1.60 bits per heavy atom. The molecule has 15 heavy (non-hydrogen) atoms. The van der Waals surface area contributed by atoms with Crippen LogP contribution in [0.4, 0.5) is 0 Å². The molecule has 0 saturated heterocycles. The number of rotatable bonds is 7. The summed E-state index contributed by atoms with van der Waals surface area (Å²) in [6.45, 7) is 6.93. The van der Waals surface area contributed by atoms with Crippen molar-refractivity contribution in [3.05, 3.63) is 16.1 Å². The Hall–Kier alpha value is -0.490. The van der Waals surface area contributed by atoms with E-state index in [1.807, 2.05) is 6.20 Å². The number of thiazole rings is 1. The maximum Gasteiger partial charge on any atom is 0.109 e. The number of nitrogens with two attached hydrogens (primary N) is 1. The molecule has 1 aromatic rings. The van der Waals surface area contributed by atoms with E-state index in [9.17, 15) is 0 Å². The van der Waals surface area contributed by atoms with Gasteiger partial charge in [-0.3, -0.25) is 0 Å². The predicted molar refractivity (Wildman–Crippen MR) is 63.1 cm³/mol. The highest BCUT2D eigenvalue weighted by atomic mass is 32.1. The molecule has 0 bridgehead atoms. The molecule has 1 atom stereocenters. The normalized spacial score (nSPS) is 13.0. The lowest BCUT2D eigenvalue weighted by Crippen LogP contribution is -2.24. The second kappa shape index (κ2) is 6.90. The van der Waals surface area contributed by atoms with Gasteiger partial charge in [-0.25, -0.2) is 4.98 Å². The molecule has 0 aliphatic rings. The Kier molecular flexibility index (Phi) is 5.78. The van der Waals surface area contributed by atoms with Gasteiger partial charge in [-0.1, -0.05) is 0 Å². The zero-order valence-electron chi connectivity index (χ0n) is 9.32. The molecule has 1 aromatic heterocycles. The van der Waals surface area contributed by atoms with Gasteiger partial charge in [-0.05, 0) is 13.8 Å². The van der Waals surface area contributed by atoms with Crippen molar-refractivity contribution in [3.63, 3.8) is 0 Å². The topological polar surface area (TPSA) is 60.2 Å². The number of ether oxygens (including phenoxy) is 1. The molecule has 0 amide bonds. The summed E-state index contributed by atoms with van der Waals surface area (Å²) in [7, 11) is 0. The lowest BCUT2D eigenvalue weighted by molar-refractivity contribution is 0.141. The molecular formula is C10H19N3OS. The lowest BCUT2D eigenvalue weighted by Gasteiger charge is -2.10. The maximum atomic E-state index is 5.31. The second-order valence-corrected chi connectivity index (χ2v) is 4.65. The van der Waals surface area contributed by atoms with Crippen LogP contribution in [-0.4, -0.2) is 31.3 Å². The lowest BCUT2D eigenvalue weighted by atomic mass is 10.3. The fraction of sp³-hybridized carbons (Fsp3) is 0.700. The summed E-state index contributed by atoms with van der Waals surface area (Å²) >= 11 is 1.73. The number of aryl methyl sites for hydroxylation is 1. The molecule has 3 N–H and O–H groups in total. The molecular weight excluding hydrogens is 210 g/mol. The molecule has 0 aromatic carbocycles. The summed E-state index contributed by atoms with van der Waals surface area (Å²) in [5.41, 5.74) is 5.31. The maximum absolute atomic E-state index is 5.31. The first kappa shape index (κ1) is 12.6. The van der Waals surface area contributed by atoms with Crippen LogP contribution >= 0.6 is 11.3 Å². The van der Waals surface area contributed by atoms with Crippen molar-refractivity contribution in [1.29, 1.82) is 0 Å². The number of hydrogen-bond acceptors (Lipinski definition) is 5. The summed E-state index contributed by atoms with van der Waals surface area (Å²) in [6, 6.07) is 0.296. The average molecular weight is 229 g/mol. The van der Waals surface area contributed by atoms with E-state index in [0.717, 1.165) is 11.6 Å². The predicted octanol–water partition coefficient (Wildman–Crippen LogP) is 1.08. The Bertz CT molecular complexity index is 277. The summed E-state index contributed by atoms with van der Waals surface area (Å²) in [5, 5.41) is 4.48. The van der Waals surface area contributed by atoms with Crippen LogP contribution in [0.3, 0.4) is 0 Å². The van der Waals surface area contributed by atoms with Crippen molar-refractivity contribution in [1.82, 2.24) is 10.3 Å². The van der Waals surface area contributed by atoms with E-state index in [4.69, 9.17) is 10.5 Å². The van der Waals surface area contributed by atoms with Gasteiger partial charge in [0.25, 0.3) is 0 Å². The number of nitrogens with zero attached hydrogens (tertiary/aromatic N) is 1. The van der Waals surface area contributed by atoms with E-state index in [0.29, 0.717) is 25.8 Å². The third kappa shape index (κ3) is 4.70. The fourth-order valence-corrected chi connectivity index (χ4v) is 1.99. The minimum absolute atomic E-state index is 0.296. The van der Waals surface area contributed by atoms with E-state index in [-0.39, 0.29) is 0 Å². The highest BCUT2D eigenvalue weighted by molar-refractivity contribution is 7.11. The molecule has 0 saturated carbocycles. The smallest absolute Gasteiger partial charge is 0.109 e. The van der Waals surface area contributed by atoms with Crippen LogP contribution in [0.5, 0.6) is 0 Å². The second-order valence-electron chi connectivity index (χ2n) is 3.39. The van der Waals surface area contributed by atoms with Crippen molar-refractivity contribution in [2.45, 2.75) is 19.9 Å². The Labute approximate surface area is 94.8 Å². The number of hydrogen-bond donors (Lipinski definition) is 2. The van der Waals surface area contributed by atoms with Gasteiger partial charge in [0, 0.05) is 24.2 Å². The molecule has 1 rings (SSSR count). The average Bonchev–Trinajstić information content (AvgIpc) is 2.64. The molecule has 5 heteroatoms. The highest BCUT2D eigenvalue weighted by Gasteiger charge is 2.07. The van der Waals surface area contributed by atoms with Crippen LogP contribution < -0.4 is 11.1 Å². The zero-order chi connectivity index (χ0) is 11.1. The van der Waals surface area contributed by atoms with Gasteiger partial charge in [0.2, 0.25) is 0 Å². The number of aromatic nitrogens is 1. The summed E-state index contributed by atoms with van der Waals surface area (Å²) in [4.78, 5) is 5.57. The van der Waals surface area contributed by atoms with Crippen LogP contribution in [0, 0.1) is 6.92 Å². The van der Waals surface area contributed by atoms with Crippen molar-refractivity contribution in [2.24, 2.45) is 5.73 Å². The van der Waals surface area contributed by atoms with Crippen molar-refractivity contribution in [2.75, 3.05) is 26.3 Å². The fourth-order valence-electron chi connectivity index (χ4n) is 1.19. The molecule has 86 valence electrons. The van der Waals surface area contributed by atoms with E-state index < -0.39 is 0 Å². The Balaban J connectivity index is 2.16. The first-order chi connectivity index (χ1) is 7.24. The van der Waals surface area contributed by atoms with Crippen LogP contribution in [0.1, 0.15) is 22.9 Å². The van der Waals surface area contributed by atoms with Crippen LogP contribution in [0.15, 0.2) is 6.20 Å². The monoisotopic (exact) mass is 229 g/mol. The summed E-state index contributed by atoms with van der Waals surface area (Å²) in [5.74, 6) is 0. The van der Waals surface area contributed by atoms with Gasteiger partial charge in [0.1, 0.15) is 5.01 Å². The zero-order valence-corrected chi connectivity index (χ0v) is 10.1. The van der Waals surface area contributed by atoms with Crippen molar-refractivity contribution >= 4 is 11.3 Å². The molecule has 1 heterocycles. The summed E-state index contributed by atoms with van der Waals surface area (Å²) < 4.78 is 5.27. The first-order valence-corrected chi connectivity index (χ1v) is 5.99. The van der Waals surface area contributed by atoms with Gasteiger partial charge in [0.15, 0.2) is 0 Å². The molecule has 1 unspecified atom stereocenters. The third-order valence-corrected chi connectivity index (χ3v) is 3.06. The van der Waals surface area contributed by atoms with Crippen molar-refractivity contribution < 1.29 is 4.74 Å². The largest absolute Gasteiger partial charge is 0.379 e. The van der Waals surface area contributed by atoms with Gasteiger partial charge in [-0.15, -0.1) is 11.3 Å². The van der Waals surface area contributed by atoms with Crippen LogP contribution in [0.25, 0.3) is 0 Å². The molecule has 0 spiro atoms. The highest BCUT2D eigenvalue weighted by Crippen LogP contribution is 2.18. The molecule has 4 nitrogen and oxygen atoms in total. The Morgan fingerprint density at radius 2 is 2.40 bits per heavy atom. The molecule has 0 radical (unpaired) electrons. The van der Waals surface area contributed by atoms with Crippen molar-refractivity contribution in [3.8, 4) is 0 Å². The summed E-state index contributed by atoms with van der Waals surface area (Å²) in [6.07, 6.45) is 1.91. The molecule has 0 aliphatic heterocycles. The number of nitrogens with one attached hydrogen (secondary N) is 1. The SMILES string of the molecule is Cc1cnc(C(C)NCCOCCN)s1. The van der Waals surface area contributed by atoms with E-state index >= 15 is 0 Å². The first-order valence-electron chi connectivity index (χ1n) is 5.17. The minimum Gasteiger partial charge on any atom is -0.379 e. The van der Waals surface area contributed by atoms with Gasteiger partial charge in [-0.2, -0.15) is 0 Å². The van der Waals surface area contributed by atoms with E-state index in [1.54, 1.807) is 11.3 Å². The third-order valence-electron chi connectivity index (χ3n) is 1.97. The Morgan fingerprint density at radius 3 is 3.00 bits per heavy atom. The quantitative estimate of drug-likeness (QED) is 0.687. The van der Waals surface area contributed by atoms with Gasteiger partial charge < -0.3 is 15.8 Å². The molecule has 0 fully saturated rings. The minimum atomic E-state index is 0.296. The van der Waals surface area contributed by atoms with E-state index in [2.05, 4.69) is 24.1 Å². The van der Waals surface area contributed by atoms with Crippen LogP contribution in [-0.2, 0) is 4.74 Å². The standard InChI is InChI=1S/C10H19N3OS/c1-8-7-13-10(15-8)9(2)12-4-6-14-5-3-11/h7,9,12H,3-6,11H2,1-2H3. The van der Waals surface area contributed by atoms with Gasteiger partial charge >= 0.3 is 0 Å². The van der Waals surface area contributed by atoms with E-state index in [1.165, 1.54) is 4.88 Å². The van der Waals surface area contributed by atoms with Crippen LogP contribution in [0.2, 0.25) is 0 Å².